The van der Waals surface area contributed by atoms with Gasteiger partial charge in [-0.2, -0.15) is 0 Å². The van der Waals surface area contributed by atoms with Crippen LogP contribution in [0.5, 0.6) is 5.75 Å². The Kier molecular flexibility index (Phi) is 4.02. The number of methoxy groups -OCH3 is 1. The minimum absolute atomic E-state index is 0.365. The first kappa shape index (κ1) is 13.9. The summed E-state index contributed by atoms with van der Waals surface area (Å²) < 4.78 is 5.53. The molecule has 110 valence electrons. The number of fused-ring (bicyclic) bond motifs is 2. The van der Waals surface area contributed by atoms with Gasteiger partial charge in [0.1, 0.15) is 5.75 Å². The molecule has 20 heavy (non-hydrogen) atoms. The monoisotopic (exact) mass is 273 g/mol. The molecule has 2 bridgehead atoms. The van der Waals surface area contributed by atoms with Crippen molar-refractivity contribution >= 4 is 0 Å². The van der Waals surface area contributed by atoms with Crippen LogP contribution in [0, 0.1) is 24.7 Å². The van der Waals surface area contributed by atoms with E-state index in [2.05, 4.69) is 37.4 Å². The van der Waals surface area contributed by atoms with E-state index >= 15 is 0 Å². The lowest BCUT2D eigenvalue weighted by atomic mass is 9.88. The van der Waals surface area contributed by atoms with Crippen LogP contribution in [0.25, 0.3) is 0 Å². The zero-order valence-corrected chi connectivity index (χ0v) is 13.0. The van der Waals surface area contributed by atoms with Crippen LogP contribution < -0.4 is 10.1 Å². The third kappa shape index (κ3) is 2.71. The van der Waals surface area contributed by atoms with Crippen molar-refractivity contribution in [3.8, 4) is 5.75 Å². The van der Waals surface area contributed by atoms with Crippen molar-refractivity contribution in [1.82, 2.24) is 5.32 Å². The maximum atomic E-state index is 5.53. The summed E-state index contributed by atoms with van der Waals surface area (Å²) >= 11 is 0. The first-order valence-electron chi connectivity index (χ1n) is 8.05. The van der Waals surface area contributed by atoms with Crippen LogP contribution in [0.1, 0.15) is 49.8 Å². The SMILES string of the molecule is COc1cc(C)ccc1C(C)NCC1CC2CCC1C2. The second kappa shape index (κ2) is 5.77. The van der Waals surface area contributed by atoms with Crippen LogP contribution in [-0.2, 0) is 0 Å². The van der Waals surface area contributed by atoms with Crippen molar-refractivity contribution in [2.45, 2.75) is 45.6 Å². The zero-order chi connectivity index (χ0) is 14.1. The molecule has 2 heteroatoms. The zero-order valence-electron chi connectivity index (χ0n) is 13.0. The molecule has 0 aliphatic heterocycles. The lowest BCUT2D eigenvalue weighted by Crippen LogP contribution is -2.28. The summed E-state index contributed by atoms with van der Waals surface area (Å²) in [5.41, 5.74) is 2.53. The van der Waals surface area contributed by atoms with Crippen LogP contribution >= 0.6 is 0 Å². The van der Waals surface area contributed by atoms with Crippen molar-refractivity contribution < 1.29 is 4.74 Å². The van der Waals surface area contributed by atoms with E-state index in [9.17, 15) is 0 Å². The molecular formula is C18H27NO. The third-order valence-electron chi connectivity index (χ3n) is 5.43. The Bertz CT molecular complexity index is 470. The van der Waals surface area contributed by atoms with Crippen molar-refractivity contribution in [3.63, 3.8) is 0 Å². The van der Waals surface area contributed by atoms with Gasteiger partial charge in [-0.15, -0.1) is 0 Å². The maximum Gasteiger partial charge on any atom is 0.123 e. The minimum Gasteiger partial charge on any atom is -0.496 e. The van der Waals surface area contributed by atoms with Gasteiger partial charge in [0.25, 0.3) is 0 Å². The fraction of sp³-hybridized carbons (Fsp3) is 0.667. The molecule has 2 fully saturated rings. The Morgan fingerprint density at radius 3 is 2.80 bits per heavy atom. The lowest BCUT2D eigenvalue weighted by Gasteiger charge is -2.25. The van der Waals surface area contributed by atoms with Crippen molar-refractivity contribution in [2.75, 3.05) is 13.7 Å². The number of aryl methyl sites for hydroxylation is 1. The van der Waals surface area contributed by atoms with E-state index in [-0.39, 0.29) is 0 Å². The molecule has 0 saturated heterocycles. The second-order valence-corrected chi connectivity index (χ2v) is 6.81. The molecule has 1 N–H and O–H groups in total. The van der Waals surface area contributed by atoms with E-state index in [0.29, 0.717) is 6.04 Å². The molecule has 0 amide bonds. The summed E-state index contributed by atoms with van der Waals surface area (Å²) in [4.78, 5) is 0. The average molecular weight is 273 g/mol. The van der Waals surface area contributed by atoms with E-state index in [1.54, 1.807) is 7.11 Å². The minimum atomic E-state index is 0.365. The van der Waals surface area contributed by atoms with Crippen LogP contribution in [0.4, 0.5) is 0 Å². The van der Waals surface area contributed by atoms with Gasteiger partial charge in [-0.05, 0) is 69.0 Å². The smallest absolute Gasteiger partial charge is 0.123 e. The van der Waals surface area contributed by atoms with E-state index in [1.165, 1.54) is 43.4 Å². The fourth-order valence-corrected chi connectivity index (χ4v) is 4.24. The molecule has 2 nitrogen and oxygen atoms in total. The molecule has 4 atom stereocenters. The van der Waals surface area contributed by atoms with Crippen LogP contribution in [-0.4, -0.2) is 13.7 Å². The highest BCUT2D eigenvalue weighted by Crippen LogP contribution is 2.48. The first-order valence-corrected chi connectivity index (χ1v) is 8.05. The van der Waals surface area contributed by atoms with Gasteiger partial charge in [0.2, 0.25) is 0 Å². The lowest BCUT2D eigenvalue weighted by molar-refractivity contribution is 0.307. The molecule has 1 aromatic rings. The number of ether oxygens (including phenoxy) is 1. The van der Waals surface area contributed by atoms with Gasteiger partial charge in [0, 0.05) is 11.6 Å². The van der Waals surface area contributed by atoms with Gasteiger partial charge in [0.15, 0.2) is 0 Å². The number of benzene rings is 1. The van der Waals surface area contributed by atoms with Crippen LogP contribution in [0.3, 0.4) is 0 Å². The molecule has 0 spiro atoms. The third-order valence-corrected chi connectivity index (χ3v) is 5.43. The van der Waals surface area contributed by atoms with Crippen LogP contribution in [0.15, 0.2) is 18.2 Å². The summed E-state index contributed by atoms with van der Waals surface area (Å²) in [6, 6.07) is 6.87. The first-order chi connectivity index (χ1) is 9.67. The molecule has 0 aromatic heterocycles. The number of rotatable bonds is 5. The van der Waals surface area contributed by atoms with Gasteiger partial charge in [0.05, 0.1) is 7.11 Å². The quantitative estimate of drug-likeness (QED) is 0.872. The summed E-state index contributed by atoms with van der Waals surface area (Å²) in [6.45, 7) is 5.53. The Hall–Kier alpha value is -1.02. The summed E-state index contributed by atoms with van der Waals surface area (Å²) in [6.07, 6.45) is 5.91. The Morgan fingerprint density at radius 1 is 1.30 bits per heavy atom. The van der Waals surface area contributed by atoms with Gasteiger partial charge >= 0.3 is 0 Å². The highest BCUT2D eigenvalue weighted by molar-refractivity contribution is 5.39. The molecule has 3 rings (SSSR count). The van der Waals surface area contributed by atoms with Gasteiger partial charge in [-0.25, -0.2) is 0 Å². The summed E-state index contributed by atoms with van der Waals surface area (Å²) in [7, 11) is 1.76. The van der Waals surface area contributed by atoms with Crippen molar-refractivity contribution in [3.05, 3.63) is 29.3 Å². The van der Waals surface area contributed by atoms with Crippen LogP contribution in [0.2, 0.25) is 0 Å². The molecular weight excluding hydrogens is 246 g/mol. The normalized spacial score (nSPS) is 29.6. The van der Waals surface area contributed by atoms with E-state index in [1.807, 2.05) is 0 Å². The fourth-order valence-electron chi connectivity index (χ4n) is 4.24. The maximum absolute atomic E-state index is 5.53. The number of hydrogen-bond acceptors (Lipinski definition) is 2. The van der Waals surface area contributed by atoms with E-state index in [0.717, 1.165) is 23.5 Å². The molecule has 2 aliphatic carbocycles. The second-order valence-electron chi connectivity index (χ2n) is 6.81. The predicted molar refractivity (Wildman–Crippen MR) is 83.1 cm³/mol. The average Bonchev–Trinajstić information content (AvgIpc) is 3.07. The van der Waals surface area contributed by atoms with Crippen molar-refractivity contribution in [2.24, 2.45) is 17.8 Å². The molecule has 1 aromatic carbocycles. The van der Waals surface area contributed by atoms with Gasteiger partial charge in [-0.1, -0.05) is 18.6 Å². The molecule has 2 saturated carbocycles. The Labute approximate surface area is 122 Å². The molecule has 4 unspecified atom stereocenters. The van der Waals surface area contributed by atoms with Gasteiger partial charge < -0.3 is 10.1 Å². The van der Waals surface area contributed by atoms with Crippen molar-refractivity contribution in [1.29, 1.82) is 0 Å². The molecule has 0 radical (unpaired) electrons. The molecule has 2 aliphatic rings. The number of nitrogens with one attached hydrogen (secondary N) is 1. The topological polar surface area (TPSA) is 21.3 Å². The highest BCUT2D eigenvalue weighted by Gasteiger charge is 2.39. The molecule has 0 heterocycles. The Balaban J connectivity index is 1.60. The number of hydrogen-bond donors (Lipinski definition) is 1. The van der Waals surface area contributed by atoms with E-state index in [4.69, 9.17) is 4.74 Å². The predicted octanol–water partition coefficient (Wildman–Crippen LogP) is 4.09. The highest BCUT2D eigenvalue weighted by atomic mass is 16.5. The largest absolute Gasteiger partial charge is 0.496 e. The summed E-state index contributed by atoms with van der Waals surface area (Å²) in [5, 5.41) is 3.74. The summed E-state index contributed by atoms with van der Waals surface area (Å²) in [5.74, 6) is 3.96. The van der Waals surface area contributed by atoms with E-state index < -0.39 is 0 Å². The van der Waals surface area contributed by atoms with Gasteiger partial charge in [-0.3, -0.25) is 0 Å². The Morgan fingerprint density at radius 2 is 2.15 bits per heavy atom. The standard InChI is InChI=1S/C18H27NO/c1-12-4-7-17(18(8-12)20-3)13(2)19-11-16-10-14-5-6-15(16)9-14/h4,7-8,13-16,19H,5-6,9-11H2,1-3H3.